The van der Waals surface area contributed by atoms with Gasteiger partial charge in [0.05, 0.1) is 16.1 Å². The molecular weight excluding hydrogens is 372 g/mol. The molecule has 9 heteroatoms. The van der Waals surface area contributed by atoms with Crippen molar-refractivity contribution < 1.29 is 12.8 Å². The topological polar surface area (TPSA) is 89.2 Å². The van der Waals surface area contributed by atoms with Crippen molar-refractivity contribution >= 4 is 21.4 Å². The molecule has 3 aromatic rings. The zero-order chi connectivity index (χ0) is 18.1. The van der Waals surface area contributed by atoms with E-state index in [-0.39, 0.29) is 4.90 Å². The predicted octanol–water partition coefficient (Wildman–Crippen LogP) is 3.42. The Kier molecular flexibility index (Phi) is 4.60. The van der Waals surface area contributed by atoms with Crippen LogP contribution in [0.4, 0.5) is 0 Å². The number of sulfonamides is 1. The van der Waals surface area contributed by atoms with Crippen molar-refractivity contribution in [1.82, 2.24) is 19.5 Å². The average Bonchev–Trinajstić information content (AvgIpc) is 3.31. The van der Waals surface area contributed by atoms with Gasteiger partial charge in [-0.15, -0.1) is 21.5 Å². The molecule has 26 heavy (non-hydrogen) atoms. The van der Waals surface area contributed by atoms with Crippen molar-refractivity contribution in [3.63, 3.8) is 0 Å². The largest absolute Gasteiger partial charge is 0.418 e. The SMILES string of the molecule is Cc1ncsc1-c1nnc([C@@H]2CCCCN2S(=O)(=O)c2ccccc2)o1. The molecule has 1 saturated heterocycles. The van der Waals surface area contributed by atoms with E-state index >= 15 is 0 Å². The lowest BCUT2D eigenvalue weighted by Gasteiger charge is -2.32. The summed E-state index contributed by atoms with van der Waals surface area (Å²) < 4.78 is 33.5. The molecule has 0 aliphatic carbocycles. The van der Waals surface area contributed by atoms with Crippen molar-refractivity contribution in [2.24, 2.45) is 0 Å². The molecule has 0 radical (unpaired) electrons. The summed E-state index contributed by atoms with van der Waals surface area (Å²) in [6, 6.07) is 8.03. The van der Waals surface area contributed by atoms with E-state index in [4.69, 9.17) is 4.42 Å². The van der Waals surface area contributed by atoms with Gasteiger partial charge in [-0.2, -0.15) is 4.31 Å². The molecule has 7 nitrogen and oxygen atoms in total. The fraction of sp³-hybridized carbons (Fsp3) is 0.353. The van der Waals surface area contributed by atoms with Crippen molar-refractivity contribution in [2.45, 2.75) is 37.1 Å². The number of nitrogens with zero attached hydrogens (tertiary/aromatic N) is 4. The second-order valence-electron chi connectivity index (χ2n) is 6.15. The standard InChI is InChI=1S/C17H18N4O3S2/c1-12-15(25-11-18-12)17-20-19-16(24-17)14-9-5-6-10-21(14)26(22,23)13-7-3-2-4-8-13/h2-4,7-8,11,14H,5-6,9-10H2,1H3/t14-/m0/s1. The number of hydrogen-bond donors (Lipinski definition) is 0. The van der Waals surface area contributed by atoms with Crippen LogP contribution in [0.1, 0.15) is 36.9 Å². The molecule has 1 aliphatic rings. The van der Waals surface area contributed by atoms with Crippen LogP contribution in [-0.2, 0) is 10.0 Å². The number of hydrogen-bond acceptors (Lipinski definition) is 7. The van der Waals surface area contributed by atoms with Crippen molar-refractivity contribution in [2.75, 3.05) is 6.54 Å². The van der Waals surface area contributed by atoms with Crippen molar-refractivity contribution in [3.05, 3.63) is 47.4 Å². The van der Waals surface area contributed by atoms with Gasteiger partial charge < -0.3 is 4.42 Å². The third kappa shape index (κ3) is 3.06. The van der Waals surface area contributed by atoms with Crippen LogP contribution in [0.25, 0.3) is 10.8 Å². The second kappa shape index (κ2) is 6.90. The molecule has 4 rings (SSSR count). The lowest BCUT2D eigenvalue weighted by Crippen LogP contribution is -2.38. The lowest BCUT2D eigenvalue weighted by molar-refractivity contribution is 0.220. The summed E-state index contributed by atoms with van der Waals surface area (Å²) in [5.41, 5.74) is 2.55. The predicted molar refractivity (Wildman–Crippen MR) is 97.1 cm³/mol. The highest BCUT2D eigenvalue weighted by molar-refractivity contribution is 7.89. The van der Waals surface area contributed by atoms with E-state index in [1.165, 1.54) is 15.6 Å². The van der Waals surface area contributed by atoms with Crippen LogP contribution in [0.5, 0.6) is 0 Å². The highest BCUT2D eigenvalue weighted by Crippen LogP contribution is 2.36. The molecule has 2 aromatic heterocycles. The maximum absolute atomic E-state index is 13.1. The molecule has 136 valence electrons. The number of aromatic nitrogens is 3. The molecule has 0 bridgehead atoms. The number of thiazole rings is 1. The van der Waals surface area contributed by atoms with Gasteiger partial charge in [-0.05, 0) is 31.9 Å². The number of rotatable bonds is 4. The molecule has 1 aliphatic heterocycles. The van der Waals surface area contributed by atoms with Crippen LogP contribution in [0, 0.1) is 6.92 Å². The Morgan fingerprint density at radius 1 is 1.19 bits per heavy atom. The van der Waals surface area contributed by atoms with Crippen LogP contribution in [0.15, 0.2) is 45.2 Å². The van der Waals surface area contributed by atoms with E-state index in [1.807, 2.05) is 6.92 Å². The summed E-state index contributed by atoms with van der Waals surface area (Å²) in [5.74, 6) is 0.731. The van der Waals surface area contributed by atoms with Crippen LogP contribution in [0.2, 0.25) is 0 Å². The minimum atomic E-state index is -3.62. The summed E-state index contributed by atoms with van der Waals surface area (Å²) in [4.78, 5) is 5.29. The Morgan fingerprint density at radius 2 is 2.00 bits per heavy atom. The first-order chi connectivity index (χ1) is 12.6. The first-order valence-corrected chi connectivity index (χ1v) is 10.7. The molecule has 0 saturated carbocycles. The van der Waals surface area contributed by atoms with Gasteiger partial charge in [-0.25, -0.2) is 13.4 Å². The maximum atomic E-state index is 13.1. The minimum Gasteiger partial charge on any atom is -0.418 e. The summed E-state index contributed by atoms with van der Waals surface area (Å²) in [7, 11) is -3.62. The third-order valence-corrected chi connectivity index (χ3v) is 7.31. The summed E-state index contributed by atoms with van der Waals surface area (Å²) in [6.07, 6.45) is 2.40. The maximum Gasteiger partial charge on any atom is 0.259 e. The zero-order valence-electron chi connectivity index (χ0n) is 14.2. The molecule has 0 unspecified atom stereocenters. The average molecular weight is 390 g/mol. The van der Waals surface area contributed by atoms with Gasteiger partial charge in [0.15, 0.2) is 0 Å². The molecule has 1 aromatic carbocycles. The van der Waals surface area contributed by atoms with Crippen molar-refractivity contribution in [3.8, 4) is 10.8 Å². The molecular formula is C17H18N4O3S2. The fourth-order valence-corrected chi connectivity index (χ4v) is 5.53. The number of aryl methyl sites for hydroxylation is 1. The molecule has 3 heterocycles. The quantitative estimate of drug-likeness (QED) is 0.678. The van der Waals surface area contributed by atoms with E-state index in [9.17, 15) is 8.42 Å². The van der Waals surface area contributed by atoms with Gasteiger partial charge in [-0.3, -0.25) is 0 Å². The van der Waals surface area contributed by atoms with Crippen LogP contribution in [0.3, 0.4) is 0 Å². The number of piperidine rings is 1. The van der Waals surface area contributed by atoms with Gasteiger partial charge in [0.25, 0.3) is 5.89 Å². The van der Waals surface area contributed by atoms with Crippen LogP contribution < -0.4 is 0 Å². The van der Waals surface area contributed by atoms with E-state index in [1.54, 1.807) is 35.8 Å². The van der Waals surface area contributed by atoms with Gasteiger partial charge >= 0.3 is 0 Å². The van der Waals surface area contributed by atoms with Gasteiger partial charge in [0.1, 0.15) is 10.9 Å². The second-order valence-corrected chi connectivity index (χ2v) is 8.90. The van der Waals surface area contributed by atoms with E-state index < -0.39 is 16.1 Å². The monoisotopic (exact) mass is 390 g/mol. The Morgan fingerprint density at radius 3 is 2.73 bits per heavy atom. The summed E-state index contributed by atoms with van der Waals surface area (Å²) in [5, 5.41) is 8.27. The molecule has 0 spiro atoms. The van der Waals surface area contributed by atoms with Crippen LogP contribution >= 0.6 is 11.3 Å². The van der Waals surface area contributed by atoms with E-state index in [0.29, 0.717) is 24.7 Å². The van der Waals surface area contributed by atoms with E-state index in [2.05, 4.69) is 15.2 Å². The Balaban J connectivity index is 1.69. The summed E-state index contributed by atoms with van der Waals surface area (Å²) >= 11 is 1.43. The first kappa shape index (κ1) is 17.3. The van der Waals surface area contributed by atoms with Gasteiger partial charge in [-0.1, -0.05) is 24.6 Å². The van der Waals surface area contributed by atoms with Gasteiger partial charge in [0, 0.05) is 6.54 Å². The highest BCUT2D eigenvalue weighted by Gasteiger charge is 2.37. The first-order valence-electron chi connectivity index (χ1n) is 8.38. The molecule has 0 N–H and O–H groups in total. The fourth-order valence-electron chi connectivity index (χ4n) is 3.14. The highest BCUT2D eigenvalue weighted by atomic mass is 32.2. The Labute approximate surface area is 155 Å². The molecule has 1 fully saturated rings. The van der Waals surface area contributed by atoms with Crippen molar-refractivity contribution in [1.29, 1.82) is 0 Å². The normalized spacial score (nSPS) is 18.9. The molecule has 0 amide bonds. The van der Waals surface area contributed by atoms with Gasteiger partial charge in [0.2, 0.25) is 15.9 Å². The Hall–Kier alpha value is -2.10. The molecule has 1 atom stereocenters. The zero-order valence-corrected chi connectivity index (χ0v) is 15.8. The third-order valence-electron chi connectivity index (χ3n) is 4.47. The summed E-state index contributed by atoms with van der Waals surface area (Å²) in [6.45, 7) is 2.32. The smallest absolute Gasteiger partial charge is 0.259 e. The lowest BCUT2D eigenvalue weighted by atomic mass is 10.1. The van der Waals surface area contributed by atoms with Crippen LogP contribution in [-0.4, -0.2) is 34.4 Å². The Bertz CT molecular complexity index is 998. The minimum absolute atomic E-state index is 0.282. The number of benzene rings is 1. The van der Waals surface area contributed by atoms with E-state index in [0.717, 1.165) is 23.4 Å².